The van der Waals surface area contributed by atoms with Crippen molar-refractivity contribution in [2.75, 3.05) is 25.1 Å². The molecule has 0 bridgehead atoms. The summed E-state index contributed by atoms with van der Waals surface area (Å²) in [6.07, 6.45) is 8.43. The molecular formula is C17H21N5O2. The van der Waals surface area contributed by atoms with Crippen LogP contribution in [0.15, 0.2) is 36.8 Å². The summed E-state index contributed by atoms with van der Waals surface area (Å²) in [5, 5.41) is 7.10. The lowest BCUT2D eigenvalue weighted by molar-refractivity contribution is 0.167. The lowest BCUT2D eigenvalue weighted by Gasteiger charge is -2.25. The summed E-state index contributed by atoms with van der Waals surface area (Å²) in [6.45, 7) is 2.34. The first-order valence-electron chi connectivity index (χ1n) is 8.41. The van der Waals surface area contributed by atoms with E-state index in [2.05, 4.69) is 15.4 Å². The van der Waals surface area contributed by atoms with E-state index in [1.165, 1.54) is 0 Å². The molecule has 0 aromatic carbocycles. The van der Waals surface area contributed by atoms with Gasteiger partial charge < -0.3 is 15.0 Å². The molecule has 1 saturated carbocycles. The average Bonchev–Trinajstić information content (AvgIpc) is 3.08. The zero-order valence-corrected chi connectivity index (χ0v) is 13.5. The quantitative estimate of drug-likeness (QED) is 0.914. The van der Waals surface area contributed by atoms with Gasteiger partial charge in [-0.15, -0.1) is 0 Å². The van der Waals surface area contributed by atoms with E-state index in [1.807, 2.05) is 29.3 Å². The standard InChI is InChI=1S/C17H21N5O2/c23-17(21(15-3-4-15)11-13-6-9-24-12-13)20-14-2-5-16(18-10-14)22-8-1-7-19-22/h1-2,5,7-8,10,13,15H,3-4,6,9,11-12H2,(H,20,23)/t13-/m1/s1. The molecule has 0 unspecified atom stereocenters. The molecule has 7 nitrogen and oxygen atoms in total. The van der Waals surface area contributed by atoms with Gasteiger partial charge in [0.05, 0.1) is 18.5 Å². The molecule has 4 rings (SSSR count). The smallest absolute Gasteiger partial charge is 0.322 e. The largest absolute Gasteiger partial charge is 0.381 e. The third-order valence-electron chi connectivity index (χ3n) is 4.47. The molecule has 126 valence electrons. The second-order valence-corrected chi connectivity index (χ2v) is 6.40. The maximum Gasteiger partial charge on any atom is 0.322 e. The Bertz CT molecular complexity index is 676. The Labute approximate surface area is 140 Å². The molecule has 2 amide bonds. The molecule has 24 heavy (non-hydrogen) atoms. The molecule has 2 aromatic rings. The number of nitrogens with one attached hydrogen (secondary N) is 1. The average molecular weight is 327 g/mol. The van der Waals surface area contributed by atoms with Gasteiger partial charge in [-0.25, -0.2) is 14.5 Å². The van der Waals surface area contributed by atoms with Gasteiger partial charge >= 0.3 is 6.03 Å². The number of anilines is 1. The van der Waals surface area contributed by atoms with Crippen molar-refractivity contribution in [2.45, 2.75) is 25.3 Å². The van der Waals surface area contributed by atoms with E-state index in [9.17, 15) is 4.79 Å². The van der Waals surface area contributed by atoms with Crippen molar-refractivity contribution < 1.29 is 9.53 Å². The van der Waals surface area contributed by atoms with Crippen molar-refractivity contribution >= 4 is 11.7 Å². The Morgan fingerprint density at radius 2 is 2.29 bits per heavy atom. The molecule has 1 aliphatic carbocycles. The van der Waals surface area contributed by atoms with Crippen LogP contribution in [-0.2, 0) is 4.74 Å². The van der Waals surface area contributed by atoms with Crippen molar-refractivity contribution in [1.29, 1.82) is 0 Å². The van der Waals surface area contributed by atoms with Crippen LogP contribution in [-0.4, -0.2) is 51.5 Å². The molecule has 2 aliphatic rings. The minimum absolute atomic E-state index is 0.0435. The lowest BCUT2D eigenvalue weighted by Crippen LogP contribution is -2.40. The summed E-state index contributed by atoms with van der Waals surface area (Å²) in [4.78, 5) is 18.9. The highest BCUT2D eigenvalue weighted by Gasteiger charge is 2.34. The first kappa shape index (κ1) is 15.1. The molecular weight excluding hydrogens is 306 g/mol. The van der Waals surface area contributed by atoms with Crippen LogP contribution >= 0.6 is 0 Å². The third kappa shape index (κ3) is 3.41. The number of pyridine rings is 1. The molecule has 2 fully saturated rings. The fourth-order valence-electron chi connectivity index (χ4n) is 2.98. The summed E-state index contributed by atoms with van der Waals surface area (Å²) >= 11 is 0. The minimum atomic E-state index is -0.0435. The number of ether oxygens (including phenoxy) is 1. The fourth-order valence-corrected chi connectivity index (χ4v) is 2.98. The van der Waals surface area contributed by atoms with Gasteiger partial charge in [0.1, 0.15) is 0 Å². The van der Waals surface area contributed by atoms with Crippen LogP contribution in [0, 0.1) is 5.92 Å². The van der Waals surface area contributed by atoms with Gasteiger partial charge in [0.25, 0.3) is 0 Å². The van der Waals surface area contributed by atoms with Crippen LogP contribution in [0.4, 0.5) is 10.5 Å². The van der Waals surface area contributed by atoms with E-state index in [0.717, 1.165) is 44.8 Å². The predicted octanol–water partition coefficient (Wildman–Crippen LogP) is 2.30. The van der Waals surface area contributed by atoms with Crippen LogP contribution in [0.5, 0.6) is 0 Å². The number of carbonyl (C=O) groups is 1. The van der Waals surface area contributed by atoms with Gasteiger partial charge in [-0.3, -0.25) is 0 Å². The lowest BCUT2D eigenvalue weighted by atomic mass is 10.1. The number of hydrogen-bond acceptors (Lipinski definition) is 4. The molecule has 1 aliphatic heterocycles. The highest BCUT2D eigenvalue weighted by Crippen LogP contribution is 2.29. The molecule has 0 spiro atoms. The molecule has 7 heteroatoms. The first-order chi connectivity index (χ1) is 11.8. The molecule has 1 N–H and O–H groups in total. The monoisotopic (exact) mass is 327 g/mol. The number of hydrogen-bond donors (Lipinski definition) is 1. The second kappa shape index (κ2) is 6.60. The predicted molar refractivity (Wildman–Crippen MR) is 89.0 cm³/mol. The Morgan fingerprint density at radius 1 is 1.38 bits per heavy atom. The van der Waals surface area contributed by atoms with Crippen LogP contribution < -0.4 is 5.32 Å². The molecule has 1 atom stereocenters. The van der Waals surface area contributed by atoms with Crippen molar-refractivity contribution in [3.63, 3.8) is 0 Å². The minimum Gasteiger partial charge on any atom is -0.381 e. The van der Waals surface area contributed by atoms with Gasteiger partial charge in [-0.05, 0) is 37.5 Å². The summed E-state index contributed by atoms with van der Waals surface area (Å²) in [7, 11) is 0. The van der Waals surface area contributed by atoms with Gasteiger partial charge in [0, 0.05) is 37.5 Å². The van der Waals surface area contributed by atoms with Crippen LogP contribution in [0.2, 0.25) is 0 Å². The van der Waals surface area contributed by atoms with Gasteiger partial charge in [0.15, 0.2) is 5.82 Å². The number of rotatable bonds is 5. The first-order valence-corrected chi connectivity index (χ1v) is 8.41. The Kier molecular flexibility index (Phi) is 4.17. The van der Waals surface area contributed by atoms with Crippen LogP contribution in [0.3, 0.4) is 0 Å². The SMILES string of the molecule is O=C(Nc1ccc(-n2cccn2)nc1)N(C[C@H]1CCOC1)C1CC1. The Morgan fingerprint density at radius 3 is 2.92 bits per heavy atom. The van der Waals surface area contributed by atoms with Crippen LogP contribution in [0.25, 0.3) is 5.82 Å². The van der Waals surface area contributed by atoms with Gasteiger partial charge in [-0.1, -0.05) is 0 Å². The summed E-state index contributed by atoms with van der Waals surface area (Å²) in [6, 6.07) is 5.87. The third-order valence-corrected chi connectivity index (χ3v) is 4.47. The second-order valence-electron chi connectivity index (χ2n) is 6.40. The highest BCUT2D eigenvalue weighted by atomic mass is 16.5. The number of carbonyl (C=O) groups excluding carboxylic acids is 1. The van der Waals surface area contributed by atoms with E-state index in [-0.39, 0.29) is 6.03 Å². The van der Waals surface area contributed by atoms with Crippen molar-refractivity contribution in [1.82, 2.24) is 19.7 Å². The van der Waals surface area contributed by atoms with E-state index in [0.29, 0.717) is 17.6 Å². The summed E-state index contributed by atoms with van der Waals surface area (Å²) in [5.41, 5.74) is 0.698. The van der Waals surface area contributed by atoms with Gasteiger partial charge in [0.2, 0.25) is 0 Å². The zero-order chi connectivity index (χ0) is 16.4. The Balaban J connectivity index is 1.40. The normalized spacial score (nSPS) is 20.1. The molecule has 3 heterocycles. The summed E-state index contributed by atoms with van der Waals surface area (Å²) in [5.74, 6) is 1.18. The molecule has 2 aromatic heterocycles. The highest BCUT2D eigenvalue weighted by molar-refractivity contribution is 5.89. The van der Waals surface area contributed by atoms with Crippen molar-refractivity contribution in [3.05, 3.63) is 36.8 Å². The van der Waals surface area contributed by atoms with Crippen LogP contribution in [0.1, 0.15) is 19.3 Å². The number of urea groups is 1. The zero-order valence-electron chi connectivity index (χ0n) is 13.5. The maximum absolute atomic E-state index is 12.6. The summed E-state index contributed by atoms with van der Waals surface area (Å²) < 4.78 is 7.11. The van der Waals surface area contributed by atoms with E-state index in [1.54, 1.807) is 17.1 Å². The van der Waals surface area contributed by atoms with E-state index >= 15 is 0 Å². The Hall–Kier alpha value is -2.41. The fraction of sp³-hybridized carbons (Fsp3) is 0.471. The number of amides is 2. The van der Waals surface area contributed by atoms with Crippen molar-refractivity contribution in [2.24, 2.45) is 5.92 Å². The maximum atomic E-state index is 12.6. The topological polar surface area (TPSA) is 72.3 Å². The van der Waals surface area contributed by atoms with E-state index < -0.39 is 0 Å². The van der Waals surface area contributed by atoms with E-state index in [4.69, 9.17) is 4.74 Å². The van der Waals surface area contributed by atoms with Gasteiger partial charge in [-0.2, -0.15) is 5.10 Å². The number of aromatic nitrogens is 3. The van der Waals surface area contributed by atoms with Crippen molar-refractivity contribution in [3.8, 4) is 5.82 Å². The number of nitrogens with zero attached hydrogens (tertiary/aromatic N) is 4. The molecule has 0 radical (unpaired) electrons. The molecule has 1 saturated heterocycles.